The molecule has 70 heavy (non-hydrogen) atoms. The molecule has 0 saturated heterocycles. The van der Waals surface area contributed by atoms with Crippen LogP contribution in [0.4, 0.5) is 0 Å². The van der Waals surface area contributed by atoms with E-state index in [1.54, 1.807) is 0 Å². The Morgan fingerprint density at radius 2 is 0.514 bits per heavy atom. The minimum absolute atomic E-state index is 0.0661. The summed E-state index contributed by atoms with van der Waals surface area (Å²) >= 11 is 0. The van der Waals surface area contributed by atoms with E-state index in [0.717, 1.165) is 0 Å². The van der Waals surface area contributed by atoms with Crippen LogP contribution >= 0.6 is 0 Å². The van der Waals surface area contributed by atoms with Gasteiger partial charge in [-0.3, -0.25) is 0 Å². The van der Waals surface area contributed by atoms with Gasteiger partial charge in [0.25, 0.3) is 0 Å². The van der Waals surface area contributed by atoms with E-state index in [9.17, 15) is 0 Å². The van der Waals surface area contributed by atoms with Crippen molar-refractivity contribution in [3.8, 4) is 11.1 Å². The van der Waals surface area contributed by atoms with Crippen molar-refractivity contribution in [2.24, 2.45) is 0 Å². The van der Waals surface area contributed by atoms with Crippen LogP contribution in [0.25, 0.3) is 11.1 Å². The lowest BCUT2D eigenvalue weighted by atomic mass is 9.80. The molecule has 0 aliphatic rings. The van der Waals surface area contributed by atoms with Crippen molar-refractivity contribution in [1.82, 2.24) is 0 Å². The second kappa shape index (κ2) is 21.5. The molecule has 0 aromatic heterocycles. The van der Waals surface area contributed by atoms with Crippen molar-refractivity contribution in [1.29, 1.82) is 0 Å². The summed E-state index contributed by atoms with van der Waals surface area (Å²) in [7, 11) is 0. The van der Waals surface area contributed by atoms with Crippen LogP contribution in [0.5, 0.6) is 0 Å². The number of hydrogen-bond acceptors (Lipinski definition) is 2. The highest BCUT2D eigenvalue weighted by atomic mass is 16.5. The van der Waals surface area contributed by atoms with E-state index in [1.807, 2.05) is 0 Å². The lowest BCUT2D eigenvalue weighted by Gasteiger charge is -2.27. The number of ether oxygens (including phenoxy) is 2. The van der Waals surface area contributed by atoms with Crippen LogP contribution in [0, 0.1) is 0 Å². The van der Waals surface area contributed by atoms with Gasteiger partial charge >= 0.3 is 0 Å². The highest BCUT2D eigenvalue weighted by Gasteiger charge is 2.26. The van der Waals surface area contributed by atoms with E-state index in [1.165, 1.54) is 89.0 Å². The Labute approximate surface area is 427 Å². The van der Waals surface area contributed by atoms with Gasteiger partial charge in [0.2, 0.25) is 0 Å². The van der Waals surface area contributed by atoms with Gasteiger partial charge in [0, 0.05) is 0 Å². The topological polar surface area (TPSA) is 18.5 Å². The smallest absolute Gasteiger partial charge is 0.108 e. The first kappa shape index (κ1) is 54.6. The van der Waals surface area contributed by atoms with Gasteiger partial charge in [0.1, 0.15) is 12.2 Å². The first-order valence-electron chi connectivity index (χ1n) is 26.5. The van der Waals surface area contributed by atoms with Crippen molar-refractivity contribution in [3.05, 3.63) is 199 Å². The second-order valence-corrected chi connectivity index (χ2v) is 25.8. The van der Waals surface area contributed by atoms with Gasteiger partial charge in [-0.1, -0.05) is 248 Å². The third-order valence-electron chi connectivity index (χ3n) is 14.5. The standard InChI is InChI=1S/C68H90O2/c1-43(2)57-39-59(45(5)6)61(37-51(57)41-69-63(47-21-29-53(30-22-47)65(9,10)11)48-23-31-54(32-24-48)66(12,13)14)62-38-52(58(44(3)4)40-60(62)46(7)8)42-70-64(49-25-33-55(34-26-49)67(15,16)17)50-27-35-56(36-28-50)68(18,19)20/h21-40,43-46,63-64H,41-42H2,1-20H3. The summed E-state index contributed by atoms with van der Waals surface area (Å²) in [5.74, 6) is 1.28. The molecule has 0 fully saturated rings. The molecular formula is C68H90O2. The Morgan fingerprint density at radius 1 is 0.300 bits per heavy atom. The number of benzene rings is 6. The zero-order valence-corrected chi connectivity index (χ0v) is 47.2. The Hall–Kier alpha value is -4.76. The quantitative estimate of drug-likeness (QED) is 0.102. The van der Waals surface area contributed by atoms with E-state index in [0.29, 0.717) is 36.9 Å². The molecule has 0 heterocycles. The maximum atomic E-state index is 7.27. The Balaban J connectivity index is 1.47. The molecule has 6 aromatic rings. The second-order valence-electron chi connectivity index (χ2n) is 25.8. The molecule has 0 spiro atoms. The van der Waals surface area contributed by atoms with Gasteiger partial charge in [-0.05, 0) is 146 Å². The first-order valence-corrected chi connectivity index (χ1v) is 26.5. The summed E-state index contributed by atoms with van der Waals surface area (Å²) in [5.41, 5.74) is 20.8. The largest absolute Gasteiger partial charge is 0.364 e. The molecule has 2 nitrogen and oxygen atoms in total. The summed E-state index contributed by atoms with van der Waals surface area (Å²) < 4.78 is 14.5. The molecule has 0 unspecified atom stereocenters. The molecule has 0 aliphatic heterocycles. The normalized spacial score (nSPS) is 13.0. The third kappa shape index (κ3) is 13.0. The molecule has 0 aliphatic carbocycles. The molecule has 0 bridgehead atoms. The van der Waals surface area contributed by atoms with E-state index in [4.69, 9.17) is 9.47 Å². The van der Waals surface area contributed by atoms with Gasteiger partial charge in [-0.25, -0.2) is 0 Å². The first-order chi connectivity index (χ1) is 32.5. The van der Waals surface area contributed by atoms with Gasteiger partial charge in [-0.15, -0.1) is 0 Å². The molecule has 6 aromatic carbocycles. The summed E-state index contributed by atoms with van der Waals surface area (Å²) in [5, 5.41) is 0. The molecule has 2 heteroatoms. The predicted octanol–water partition coefficient (Wildman–Crippen LogP) is 19.6. The monoisotopic (exact) mass is 939 g/mol. The van der Waals surface area contributed by atoms with Crippen molar-refractivity contribution in [2.45, 2.75) is 209 Å². The summed E-state index contributed by atoms with van der Waals surface area (Å²) in [4.78, 5) is 0. The molecular weight excluding hydrogens is 849 g/mol. The molecule has 0 radical (unpaired) electrons. The highest BCUT2D eigenvalue weighted by Crippen LogP contribution is 2.43. The summed E-state index contributed by atoms with van der Waals surface area (Å²) in [6.45, 7) is 47.0. The van der Waals surface area contributed by atoms with Gasteiger partial charge < -0.3 is 9.47 Å². The van der Waals surface area contributed by atoms with Crippen LogP contribution < -0.4 is 0 Å². The Morgan fingerprint density at radius 3 is 0.700 bits per heavy atom. The average molecular weight is 939 g/mol. The van der Waals surface area contributed by atoms with Crippen LogP contribution in [0.15, 0.2) is 121 Å². The van der Waals surface area contributed by atoms with Crippen LogP contribution in [0.3, 0.4) is 0 Å². The van der Waals surface area contributed by atoms with Crippen LogP contribution in [0.1, 0.15) is 252 Å². The fourth-order valence-corrected chi connectivity index (χ4v) is 9.85. The Kier molecular flexibility index (Phi) is 16.8. The Bertz CT molecular complexity index is 2340. The average Bonchev–Trinajstić information content (AvgIpc) is 3.28. The van der Waals surface area contributed by atoms with E-state index < -0.39 is 0 Å². The zero-order chi connectivity index (χ0) is 51.7. The maximum absolute atomic E-state index is 7.27. The molecule has 6 rings (SSSR count). The van der Waals surface area contributed by atoms with Crippen LogP contribution in [-0.2, 0) is 44.3 Å². The zero-order valence-electron chi connectivity index (χ0n) is 47.2. The van der Waals surface area contributed by atoms with Crippen LogP contribution in [0.2, 0.25) is 0 Å². The lowest BCUT2D eigenvalue weighted by Crippen LogP contribution is -2.14. The predicted molar refractivity (Wildman–Crippen MR) is 302 cm³/mol. The van der Waals surface area contributed by atoms with E-state index in [-0.39, 0.29) is 33.9 Å². The molecule has 374 valence electrons. The fraction of sp³-hybridized carbons (Fsp3) is 0.471. The molecule has 0 amide bonds. The van der Waals surface area contributed by atoms with Gasteiger partial charge in [0.05, 0.1) is 13.2 Å². The SMILES string of the molecule is CC(C)c1cc(C(C)C)c(-c2cc(COC(c3ccc(C(C)(C)C)cc3)c3ccc(C(C)(C)C)cc3)c(C(C)C)cc2C(C)C)cc1COC(c1ccc(C(C)(C)C)cc1)c1ccc(C(C)(C)C)cc1. The maximum Gasteiger partial charge on any atom is 0.108 e. The molecule has 0 atom stereocenters. The van der Waals surface area contributed by atoms with Gasteiger partial charge in [-0.2, -0.15) is 0 Å². The van der Waals surface area contributed by atoms with E-state index >= 15 is 0 Å². The van der Waals surface area contributed by atoms with Crippen LogP contribution in [-0.4, -0.2) is 0 Å². The van der Waals surface area contributed by atoms with Crippen molar-refractivity contribution < 1.29 is 9.47 Å². The lowest BCUT2D eigenvalue weighted by molar-refractivity contribution is 0.0660. The fourth-order valence-electron chi connectivity index (χ4n) is 9.85. The summed E-state index contributed by atoms with van der Waals surface area (Å²) in [6.07, 6.45) is -0.447. The molecule has 0 saturated carbocycles. The highest BCUT2D eigenvalue weighted by molar-refractivity contribution is 5.75. The van der Waals surface area contributed by atoms with Crippen molar-refractivity contribution in [3.63, 3.8) is 0 Å². The number of hydrogen-bond donors (Lipinski definition) is 0. The minimum Gasteiger partial charge on any atom is -0.364 e. The molecule has 0 N–H and O–H groups in total. The minimum atomic E-state index is -0.223. The van der Waals surface area contributed by atoms with E-state index in [2.05, 4.69) is 260 Å². The number of rotatable bonds is 15. The van der Waals surface area contributed by atoms with Crippen molar-refractivity contribution in [2.75, 3.05) is 0 Å². The summed E-state index contributed by atoms with van der Waals surface area (Å²) in [6, 6.07) is 46.5. The van der Waals surface area contributed by atoms with Crippen molar-refractivity contribution >= 4 is 0 Å². The van der Waals surface area contributed by atoms with Gasteiger partial charge in [0.15, 0.2) is 0 Å². The third-order valence-corrected chi connectivity index (χ3v) is 14.5.